The molecule has 0 fully saturated rings. The molecule has 0 amide bonds. The monoisotopic (exact) mass is 285 g/mol. The Hall–Kier alpha value is 0.177. The van der Waals surface area contributed by atoms with Crippen LogP contribution in [0.15, 0.2) is 0 Å². The second-order valence-electron chi connectivity index (χ2n) is 6.05. The highest BCUT2D eigenvalue weighted by atomic mass is 28.3. The van der Waals surface area contributed by atoms with Crippen molar-refractivity contribution in [3.63, 3.8) is 0 Å². The van der Waals surface area contributed by atoms with E-state index >= 15 is 0 Å². The molecule has 0 rings (SSSR count). The molecule has 0 aromatic rings. The molecular weight excluding hydrogens is 248 g/mol. The number of hydrogen-bond acceptors (Lipinski definition) is 1. The molecule has 0 aliphatic carbocycles. The first-order valence-corrected chi connectivity index (χ1v) is 11.1. The van der Waals surface area contributed by atoms with Crippen LogP contribution in [-0.2, 0) is 4.43 Å². The Morgan fingerprint density at radius 1 is 0.684 bits per heavy atom. The molecule has 0 aromatic heterocycles. The van der Waals surface area contributed by atoms with Crippen molar-refractivity contribution >= 4 is 9.04 Å². The normalized spacial score (nSPS) is 13.1. The fourth-order valence-corrected chi connectivity index (χ4v) is 3.44. The van der Waals surface area contributed by atoms with Crippen molar-refractivity contribution in [1.29, 1.82) is 0 Å². The Morgan fingerprint density at radius 3 is 1.68 bits per heavy atom. The number of rotatable bonds is 14. The Kier molecular flexibility index (Phi) is 14.7. The summed E-state index contributed by atoms with van der Waals surface area (Å²) >= 11 is 0. The number of unbranched alkanes of at least 4 members (excludes halogenated alkanes) is 8. The zero-order valence-corrected chi connectivity index (χ0v) is 15.0. The molecule has 0 bridgehead atoms. The Labute approximate surface area is 124 Å². The van der Waals surface area contributed by atoms with E-state index < -0.39 is 9.04 Å². The lowest BCUT2D eigenvalue weighted by atomic mass is 10.0. The summed E-state index contributed by atoms with van der Waals surface area (Å²) < 4.78 is 6.11. The molecular formula is C17H37OSi. The molecule has 0 aliphatic heterocycles. The first-order valence-electron chi connectivity index (χ1n) is 8.67. The van der Waals surface area contributed by atoms with E-state index in [-0.39, 0.29) is 0 Å². The van der Waals surface area contributed by atoms with Gasteiger partial charge >= 0.3 is 0 Å². The Balaban J connectivity index is 3.46. The largest absolute Gasteiger partial charge is 0.414 e. The lowest BCUT2D eigenvalue weighted by Gasteiger charge is -2.19. The Morgan fingerprint density at radius 2 is 1.16 bits per heavy atom. The van der Waals surface area contributed by atoms with E-state index in [4.69, 9.17) is 4.43 Å². The van der Waals surface area contributed by atoms with Crippen molar-refractivity contribution in [2.24, 2.45) is 0 Å². The van der Waals surface area contributed by atoms with Crippen LogP contribution in [0.3, 0.4) is 0 Å². The van der Waals surface area contributed by atoms with Crippen molar-refractivity contribution in [2.75, 3.05) is 0 Å². The van der Waals surface area contributed by atoms with E-state index in [1.165, 1.54) is 77.0 Å². The molecule has 2 heteroatoms. The molecule has 115 valence electrons. The quantitative estimate of drug-likeness (QED) is 0.267. The molecule has 0 spiro atoms. The second kappa shape index (κ2) is 14.6. The molecule has 0 heterocycles. The zero-order valence-electron chi connectivity index (χ0n) is 14.0. The summed E-state index contributed by atoms with van der Waals surface area (Å²) in [4.78, 5) is 0. The van der Waals surface area contributed by atoms with Crippen LogP contribution in [0.5, 0.6) is 0 Å². The van der Waals surface area contributed by atoms with Crippen LogP contribution < -0.4 is 0 Å². The van der Waals surface area contributed by atoms with Gasteiger partial charge in [0.2, 0.25) is 9.04 Å². The average molecular weight is 286 g/mol. The summed E-state index contributed by atoms with van der Waals surface area (Å²) in [7, 11) is -0.520. The van der Waals surface area contributed by atoms with Crippen LogP contribution >= 0.6 is 0 Å². The SMILES string of the molecule is CCCCCCCCCCC(CCCC)O[Si](C)C. The standard InChI is InChI=1S/C17H37OSi/c1-5-7-9-10-11-12-13-14-16-17(15-8-6-2)18-19(3)4/h17H,5-16H2,1-4H3. The van der Waals surface area contributed by atoms with Gasteiger partial charge in [-0.2, -0.15) is 0 Å². The maximum Gasteiger partial charge on any atom is 0.205 e. The van der Waals surface area contributed by atoms with Gasteiger partial charge in [0.1, 0.15) is 0 Å². The molecule has 0 N–H and O–H groups in total. The average Bonchev–Trinajstić information content (AvgIpc) is 2.38. The van der Waals surface area contributed by atoms with E-state index in [2.05, 4.69) is 26.9 Å². The minimum atomic E-state index is -0.520. The van der Waals surface area contributed by atoms with Crippen molar-refractivity contribution in [3.05, 3.63) is 0 Å². The topological polar surface area (TPSA) is 9.23 Å². The summed E-state index contributed by atoms with van der Waals surface area (Å²) in [6.07, 6.45) is 17.1. The van der Waals surface area contributed by atoms with Gasteiger partial charge in [-0.1, -0.05) is 78.1 Å². The fraction of sp³-hybridized carbons (Fsp3) is 1.00. The van der Waals surface area contributed by atoms with Crippen LogP contribution in [0.25, 0.3) is 0 Å². The van der Waals surface area contributed by atoms with Gasteiger partial charge in [0.05, 0.1) is 0 Å². The molecule has 0 saturated heterocycles. The van der Waals surface area contributed by atoms with Crippen molar-refractivity contribution in [3.8, 4) is 0 Å². The summed E-state index contributed by atoms with van der Waals surface area (Å²) in [6.45, 7) is 9.08. The van der Waals surface area contributed by atoms with Crippen molar-refractivity contribution in [1.82, 2.24) is 0 Å². The molecule has 1 nitrogen and oxygen atoms in total. The third-order valence-electron chi connectivity index (χ3n) is 3.66. The molecule has 1 unspecified atom stereocenters. The highest BCUT2D eigenvalue weighted by molar-refractivity contribution is 6.48. The highest BCUT2D eigenvalue weighted by Crippen LogP contribution is 2.16. The highest BCUT2D eigenvalue weighted by Gasteiger charge is 2.10. The molecule has 19 heavy (non-hydrogen) atoms. The van der Waals surface area contributed by atoms with Crippen LogP contribution in [-0.4, -0.2) is 15.1 Å². The van der Waals surface area contributed by atoms with Gasteiger partial charge in [-0.15, -0.1) is 0 Å². The first-order chi connectivity index (χ1) is 9.20. The van der Waals surface area contributed by atoms with E-state index in [1.54, 1.807) is 0 Å². The Bertz CT molecular complexity index is 171. The molecule has 0 saturated carbocycles. The van der Waals surface area contributed by atoms with Gasteiger partial charge in [-0.05, 0) is 25.9 Å². The predicted molar refractivity (Wildman–Crippen MR) is 89.1 cm³/mol. The van der Waals surface area contributed by atoms with Crippen LogP contribution in [0.4, 0.5) is 0 Å². The summed E-state index contributed by atoms with van der Waals surface area (Å²) in [5, 5.41) is 0. The minimum Gasteiger partial charge on any atom is -0.414 e. The van der Waals surface area contributed by atoms with Gasteiger partial charge in [0.15, 0.2) is 0 Å². The fourth-order valence-electron chi connectivity index (χ4n) is 2.53. The van der Waals surface area contributed by atoms with E-state index in [0.29, 0.717) is 6.10 Å². The van der Waals surface area contributed by atoms with Crippen molar-refractivity contribution < 1.29 is 4.43 Å². The molecule has 0 aromatic carbocycles. The summed E-state index contributed by atoms with van der Waals surface area (Å²) in [5.41, 5.74) is 0. The zero-order chi connectivity index (χ0) is 14.3. The maximum atomic E-state index is 6.11. The molecule has 1 radical (unpaired) electrons. The third kappa shape index (κ3) is 14.4. The minimum absolute atomic E-state index is 0.520. The van der Waals surface area contributed by atoms with Crippen LogP contribution in [0, 0.1) is 0 Å². The third-order valence-corrected chi connectivity index (χ3v) is 4.47. The van der Waals surface area contributed by atoms with E-state index in [1.807, 2.05) is 0 Å². The van der Waals surface area contributed by atoms with Gasteiger partial charge in [0.25, 0.3) is 0 Å². The van der Waals surface area contributed by atoms with Gasteiger partial charge in [-0.25, -0.2) is 0 Å². The maximum absolute atomic E-state index is 6.11. The van der Waals surface area contributed by atoms with Crippen molar-refractivity contribution in [2.45, 2.75) is 110 Å². The predicted octanol–water partition coefficient (Wildman–Crippen LogP) is 6.34. The second-order valence-corrected chi connectivity index (χ2v) is 8.11. The smallest absolute Gasteiger partial charge is 0.205 e. The van der Waals surface area contributed by atoms with Gasteiger partial charge in [-0.3, -0.25) is 0 Å². The van der Waals surface area contributed by atoms with Gasteiger partial charge in [0, 0.05) is 6.10 Å². The van der Waals surface area contributed by atoms with Gasteiger partial charge < -0.3 is 4.43 Å². The van der Waals surface area contributed by atoms with Crippen LogP contribution in [0.2, 0.25) is 13.1 Å². The first kappa shape index (κ1) is 19.2. The number of hydrogen-bond donors (Lipinski definition) is 0. The summed E-state index contributed by atoms with van der Waals surface area (Å²) in [6, 6.07) is 0. The van der Waals surface area contributed by atoms with E-state index in [9.17, 15) is 0 Å². The molecule has 0 aliphatic rings. The lowest BCUT2D eigenvalue weighted by Crippen LogP contribution is -2.20. The summed E-state index contributed by atoms with van der Waals surface area (Å²) in [5.74, 6) is 0. The molecule has 1 atom stereocenters. The lowest BCUT2D eigenvalue weighted by molar-refractivity contribution is 0.175. The van der Waals surface area contributed by atoms with Crippen LogP contribution in [0.1, 0.15) is 90.9 Å². The van der Waals surface area contributed by atoms with E-state index in [0.717, 1.165) is 0 Å².